The van der Waals surface area contributed by atoms with Crippen molar-refractivity contribution < 1.29 is 0 Å². The Morgan fingerprint density at radius 3 is 2.26 bits per heavy atom. The van der Waals surface area contributed by atoms with Crippen LogP contribution in [0.3, 0.4) is 0 Å². The lowest BCUT2D eigenvalue weighted by molar-refractivity contribution is 0.893. The largest absolute Gasteiger partial charge is 0.346 e. The van der Waals surface area contributed by atoms with Gasteiger partial charge in [-0.3, -0.25) is 4.98 Å². The van der Waals surface area contributed by atoms with E-state index < -0.39 is 0 Å². The topological polar surface area (TPSA) is 41.6 Å². The summed E-state index contributed by atoms with van der Waals surface area (Å²) in [4.78, 5) is 12.4. The number of H-pyrrole nitrogens is 1. The van der Waals surface area contributed by atoms with Gasteiger partial charge < -0.3 is 4.98 Å². The van der Waals surface area contributed by atoms with Gasteiger partial charge in [-0.25, -0.2) is 4.98 Å². The average Bonchev–Trinajstić information content (AvgIpc) is 2.79. The number of rotatable bonds is 0. The number of aryl methyl sites for hydroxylation is 2. The molecule has 0 fully saturated rings. The zero-order valence-corrected chi connectivity index (χ0v) is 13.0. The maximum Gasteiger partial charge on any atom is 0.103 e. The molecule has 2 aromatic heterocycles. The number of aromatic amines is 1. The van der Waals surface area contributed by atoms with Gasteiger partial charge in [0.1, 0.15) is 5.82 Å². The van der Waals surface area contributed by atoms with Gasteiger partial charge in [-0.05, 0) is 25.5 Å². The normalized spacial score (nSPS) is 11.3. The van der Waals surface area contributed by atoms with Crippen LogP contribution >= 0.6 is 0 Å². The summed E-state index contributed by atoms with van der Waals surface area (Å²) in [7, 11) is 0. The quantitative estimate of drug-likeness (QED) is 0.663. The van der Waals surface area contributed by atoms with E-state index in [0.717, 1.165) is 30.1 Å². The van der Waals surface area contributed by atoms with Crippen LogP contribution in [0.15, 0.2) is 12.1 Å². The predicted molar refractivity (Wildman–Crippen MR) is 80.6 cm³/mol. The summed E-state index contributed by atoms with van der Waals surface area (Å²) in [5.74, 6) is 1.00. The third-order valence-corrected chi connectivity index (χ3v) is 2.89. The van der Waals surface area contributed by atoms with Crippen molar-refractivity contribution in [1.29, 1.82) is 0 Å². The molecule has 0 aromatic carbocycles. The van der Waals surface area contributed by atoms with Crippen LogP contribution < -0.4 is 0 Å². The minimum Gasteiger partial charge on any atom is -0.346 e. The third-order valence-electron chi connectivity index (χ3n) is 2.89. The van der Waals surface area contributed by atoms with Gasteiger partial charge in [-0.1, -0.05) is 33.8 Å². The Labute approximate surface area is 116 Å². The highest BCUT2D eigenvalue weighted by atomic mass is 14.9. The number of pyridine rings is 1. The summed E-state index contributed by atoms with van der Waals surface area (Å²) in [6.07, 6.45) is 1.81. The fourth-order valence-electron chi connectivity index (χ4n) is 2.18. The molecular weight excluding hydrogens is 234 g/mol. The van der Waals surface area contributed by atoms with E-state index >= 15 is 0 Å². The van der Waals surface area contributed by atoms with Crippen molar-refractivity contribution in [2.24, 2.45) is 0 Å². The second-order valence-electron chi connectivity index (χ2n) is 4.16. The zero-order chi connectivity index (χ0) is 14.4. The average molecular weight is 259 g/mol. The molecule has 3 nitrogen and oxygen atoms in total. The summed E-state index contributed by atoms with van der Waals surface area (Å²) < 4.78 is 0. The molecule has 0 saturated heterocycles. The van der Waals surface area contributed by atoms with E-state index in [9.17, 15) is 0 Å². The molecule has 3 heteroatoms. The van der Waals surface area contributed by atoms with Crippen molar-refractivity contribution in [2.45, 2.75) is 54.4 Å². The van der Waals surface area contributed by atoms with Gasteiger partial charge in [-0.2, -0.15) is 0 Å². The SMILES string of the molecule is CC.CC.Cc1ccc2c(n1)Cc1nc(C)[nH]c1C2. The molecule has 1 aliphatic carbocycles. The van der Waals surface area contributed by atoms with Crippen molar-refractivity contribution in [3.63, 3.8) is 0 Å². The highest BCUT2D eigenvalue weighted by Gasteiger charge is 2.19. The molecule has 3 rings (SSSR count). The van der Waals surface area contributed by atoms with Crippen molar-refractivity contribution in [2.75, 3.05) is 0 Å². The lowest BCUT2D eigenvalue weighted by atomic mass is 9.96. The summed E-state index contributed by atoms with van der Waals surface area (Å²) >= 11 is 0. The molecule has 0 saturated carbocycles. The van der Waals surface area contributed by atoms with E-state index in [-0.39, 0.29) is 0 Å². The smallest absolute Gasteiger partial charge is 0.103 e. The molecule has 104 valence electrons. The van der Waals surface area contributed by atoms with Crippen molar-refractivity contribution >= 4 is 0 Å². The monoisotopic (exact) mass is 259 g/mol. The maximum atomic E-state index is 4.57. The first-order valence-electron chi connectivity index (χ1n) is 7.22. The highest BCUT2D eigenvalue weighted by molar-refractivity contribution is 5.37. The van der Waals surface area contributed by atoms with Gasteiger partial charge in [0, 0.05) is 24.2 Å². The lowest BCUT2D eigenvalue weighted by Gasteiger charge is -2.14. The van der Waals surface area contributed by atoms with E-state index in [4.69, 9.17) is 0 Å². The molecule has 0 spiro atoms. The van der Waals surface area contributed by atoms with Crippen LogP contribution in [0.25, 0.3) is 0 Å². The number of hydrogen-bond acceptors (Lipinski definition) is 2. The molecular formula is C16H25N3. The molecule has 0 amide bonds. The van der Waals surface area contributed by atoms with E-state index in [0.29, 0.717) is 0 Å². The second-order valence-corrected chi connectivity index (χ2v) is 4.16. The fraction of sp³-hybridized carbons (Fsp3) is 0.500. The Hall–Kier alpha value is -1.64. The van der Waals surface area contributed by atoms with E-state index in [1.54, 1.807) is 0 Å². The summed E-state index contributed by atoms with van der Waals surface area (Å²) in [6.45, 7) is 12.0. The Kier molecular flexibility index (Phi) is 5.74. The van der Waals surface area contributed by atoms with Crippen molar-refractivity contribution in [1.82, 2.24) is 15.0 Å². The van der Waals surface area contributed by atoms with Crippen LogP contribution in [0.1, 0.15) is 61.9 Å². The predicted octanol–water partition coefficient (Wildman–Crippen LogP) is 3.97. The second kappa shape index (κ2) is 7.07. The lowest BCUT2D eigenvalue weighted by Crippen LogP contribution is -2.09. The molecule has 1 aliphatic rings. The first kappa shape index (κ1) is 15.4. The number of nitrogens with zero attached hydrogens (tertiary/aromatic N) is 2. The minimum absolute atomic E-state index is 0.872. The molecule has 0 radical (unpaired) electrons. The van der Waals surface area contributed by atoms with E-state index in [1.807, 2.05) is 41.5 Å². The van der Waals surface area contributed by atoms with Crippen molar-refractivity contribution in [3.05, 3.63) is 46.3 Å². The maximum absolute atomic E-state index is 4.57. The minimum atomic E-state index is 0.872. The third kappa shape index (κ3) is 3.43. The van der Waals surface area contributed by atoms with Gasteiger partial charge in [0.05, 0.1) is 11.4 Å². The molecule has 2 aromatic rings. The Morgan fingerprint density at radius 1 is 0.895 bits per heavy atom. The number of fused-ring (bicyclic) bond motifs is 2. The Bertz CT molecular complexity index is 527. The molecule has 0 atom stereocenters. The number of nitrogens with one attached hydrogen (secondary N) is 1. The van der Waals surface area contributed by atoms with Gasteiger partial charge in [0.15, 0.2) is 0 Å². The molecule has 1 N–H and O–H groups in total. The van der Waals surface area contributed by atoms with Crippen LogP contribution in [-0.2, 0) is 12.8 Å². The molecule has 0 bridgehead atoms. The van der Waals surface area contributed by atoms with Crippen LogP contribution in [-0.4, -0.2) is 15.0 Å². The summed E-state index contributed by atoms with van der Waals surface area (Å²) in [5.41, 5.74) is 6.03. The van der Waals surface area contributed by atoms with E-state index in [2.05, 4.69) is 27.1 Å². The number of hydrogen-bond donors (Lipinski definition) is 1. The molecule has 0 aliphatic heterocycles. The van der Waals surface area contributed by atoms with Gasteiger partial charge in [-0.15, -0.1) is 0 Å². The zero-order valence-electron chi connectivity index (χ0n) is 13.0. The highest BCUT2D eigenvalue weighted by Crippen LogP contribution is 2.24. The molecule has 0 unspecified atom stereocenters. The number of imidazole rings is 1. The Balaban J connectivity index is 0.000000415. The summed E-state index contributed by atoms with van der Waals surface area (Å²) in [6, 6.07) is 4.25. The van der Waals surface area contributed by atoms with Crippen LogP contribution in [0.5, 0.6) is 0 Å². The molecule has 2 heterocycles. The molecule has 19 heavy (non-hydrogen) atoms. The van der Waals surface area contributed by atoms with E-state index in [1.165, 1.54) is 17.0 Å². The van der Waals surface area contributed by atoms with Crippen LogP contribution in [0.2, 0.25) is 0 Å². The van der Waals surface area contributed by atoms with Gasteiger partial charge >= 0.3 is 0 Å². The number of aromatic nitrogens is 3. The van der Waals surface area contributed by atoms with Gasteiger partial charge in [0.25, 0.3) is 0 Å². The standard InChI is InChI=1S/C12H13N3.2C2H6/c1-7-3-4-9-5-11-12(6-10(9)13-7)15-8(2)14-11;2*1-2/h3-4H,5-6H2,1-2H3,(H,14,15);2*1-2H3. The first-order chi connectivity index (χ1) is 9.22. The summed E-state index contributed by atoms with van der Waals surface area (Å²) in [5, 5.41) is 0. The Morgan fingerprint density at radius 2 is 1.58 bits per heavy atom. The fourth-order valence-corrected chi connectivity index (χ4v) is 2.18. The van der Waals surface area contributed by atoms with Crippen LogP contribution in [0.4, 0.5) is 0 Å². The van der Waals surface area contributed by atoms with Gasteiger partial charge in [0.2, 0.25) is 0 Å². The first-order valence-corrected chi connectivity index (χ1v) is 7.22. The van der Waals surface area contributed by atoms with Crippen molar-refractivity contribution in [3.8, 4) is 0 Å². The van der Waals surface area contributed by atoms with Crippen LogP contribution in [0, 0.1) is 13.8 Å².